The van der Waals surface area contributed by atoms with Gasteiger partial charge in [0.1, 0.15) is 0 Å². The van der Waals surface area contributed by atoms with Crippen LogP contribution in [0.1, 0.15) is 106 Å². The van der Waals surface area contributed by atoms with Crippen LogP contribution in [-0.4, -0.2) is 82.9 Å². The van der Waals surface area contributed by atoms with Crippen molar-refractivity contribution in [1.82, 2.24) is 0 Å². The number of carbonyl (C=O) groups is 2. The molecule has 4 atom stereocenters. The number of aliphatic hydroxyl groups excluding tert-OH is 2. The van der Waals surface area contributed by atoms with Crippen molar-refractivity contribution >= 4 is 24.1 Å². The summed E-state index contributed by atoms with van der Waals surface area (Å²) in [6.07, 6.45) is 10.3. The van der Waals surface area contributed by atoms with E-state index in [2.05, 4.69) is 51.5 Å². The van der Waals surface area contributed by atoms with Gasteiger partial charge in [0.25, 0.3) is 0 Å². The first-order chi connectivity index (χ1) is 19.3. The lowest BCUT2D eigenvalue weighted by molar-refractivity contribution is -0.139. The van der Waals surface area contributed by atoms with E-state index in [0.717, 1.165) is 38.6 Å². The summed E-state index contributed by atoms with van der Waals surface area (Å²) < 4.78 is 0. The first kappa shape index (κ1) is 41.7. The average molecular weight is 601 g/mol. The molecule has 4 unspecified atom stereocenters. The minimum atomic E-state index is -0.870. The molecular formula is C30H56N4O8. The summed E-state index contributed by atoms with van der Waals surface area (Å²) in [6, 6.07) is 0.357. The van der Waals surface area contributed by atoms with Crippen molar-refractivity contribution in [3.63, 3.8) is 0 Å². The number of hydrogen-bond acceptors (Lipinski definition) is 10. The molecule has 12 nitrogen and oxygen atoms in total. The second kappa shape index (κ2) is 20.4. The highest BCUT2D eigenvalue weighted by molar-refractivity contribution is 5.67. The molecular weight excluding hydrogens is 544 g/mol. The normalized spacial score (nSPS) is 27.0. The van der Waals surface area contributed by atoms with E-state index in [1.165, 1.54) is 6.42 Å². The number of nitrogens with two attached hydrogens (primary N) is 2. The van der Waals surface area contributed by atoms with E-state index in [4.69, 9.17) is 31.9 Å². The highest BCUT2D eigenvalue weighted by Gasteiger charge is 2.41. The van der Waals surface area contributed by atoms with E-state index in [1.54, 1.807) is 12.2 Å². The first-order valence-corrected chi connectivity index (χ1v) is 14.5. The Kier molecular flexibility index (Phi) is 20.3. The van der Waals surface area contributed by atoms with Crippen LogP contribution in [0.15, 0.2) is 9.98 Å². The molecule has 0 amide bonds. The highest BCUT2D eigenvalue weighted by Crippen LogP contribution is 2.47. The van der Waals surface area contributed by atoms with Gasteiger partial charge >= 0.3 is 11.9 Å². The first-order valence-electron chi connectivity index (χ1n) is 14.5. The summed E-state index contributed by atoms with van der Waals surface area (Å²) in [5.41, 5.74) is 12.5. The van der Waals surface area contributed by atoms with Crippen LogP contribution in [0.3, 0.4) is 0 Å². The molecule has 0 saturated heterocycles. The Morgan fingerprint density at radius 1 is 0.786 bits per heavy atom. The Bertz CT molecular complexity index is 882. The zero-order valence-electron chi connectivity index (χ0n) is 26.5. The number of carboxylic acids is 2. The van der Waals surface area contributed by atoms with Crippen LogP contribution >= 0.6 is 0 Å². The van der Waals surface area contributed by atoms with E-state index in [0.29, 0.717) is 30.8 Å². The molecule has 0 aromatic carbocycles. The van der Waals surface area contributed by atoms with Crippen molar-refractivity contribution in [2.45, 2.75) is 118 Å². The Morgan fingerprint density at radius 2 is 1.26 bits per heavy atom. The number of aliphatic hydroxyl groups is 2. The van der Waals surface area contributed by atoms with E-state index < -0.39 is 11.9 Å². The van der Waals surface area contributed by atoms with Gasteiger partial charge in [-0.25, -0.2) is 19.6 Å². The summed E-state index contributed by atoms with van der Waals surface area (Å²) >= 11 is 0. The van der Waals surface area contributed by atoms with Crippen LogP contribution in [0.2, 0.25) is 0 Å². The summed E-state index contributed by atoms with van der Waals surface area (Å²) in [5, 5.41) is 31.5. The van der Waals surface area contributed by atoms with E-state index in [1.807, 2.05) is 0 Å². The molecule has 42 heavy (non-hydrogen) atoms. The fourth-order valence-electron chi connectivity index (χ4n) is 6.51. The van der Waals surface area contributed by atoms with E-state index in [9.17, 15) is 19.2 Å². The standard InChI is InChI=1S/C12H18N2O2.C10H22N2.C6H10O4.C2H6O2/c1-11(2)4-10(14-9-16)5-12(3,6-11)7-13-8-15;1-9(2)4-8(12)5-10(3,6-9)7-11;7-5(8)3-1-2-4-6(9)10;3-1-2-4/h10H,4-7H2,1-3H3;8H,4-7,11-12H2,1-3H3;1-4H2,(H,7,8)(H,9,10);3-4H,1-2H2. The van der Waals surface area contributed by atoms with Gasteiger partial charge < -0.3 is 31.9 Å². The van der Waals surface area contributed by atoms with Gasteiger partial charge in [-0.3, -0.25) is 9.59 Å². The molecule has 0 aromatic heterocycles. The van der Waals surface area contributed by atoms with Crippen LogP contribution in [0.4, 0.5) is 0 Å². The second-order valence-corrected chi connectivity index (χ2v) is 13.8. The predicted molar refractivity (Wildman–Crippen MR) is 161 cm³/mol. The molecule has 2 saturated carbocycles. The average Bonchev–Trinajstić information content (AvgIpc) is 2.84. The van der Waals surface area contributed by atoms with Gasteiger partial charge in [0.15, 0.2) is 0 Å². The molecule has 0 aliphatic heterocycles. The van der Waals surface area contributed by atoms with Crippen molar-refractivity contribution < 1.29 is 39.6 Å². The van der Waals surface area contributed by atoms with Crippen LogP contribution < -0.4 is 11.5 Å². The maximum atomic E-state index is 10.3. The lowest BCUT2D eigenvalue weighted by Crippen LogP contribution is -2.45. The van der Waals surface area contributed by atoms with Gasteiger partial charge in [-0.1, -0.05) is 41.5 Å². The number of nitrogens with zero attached hydrogens (tertiary/aromatic N) is 2. The second-order valence-electron chi connectivity index (χ2n) is 13.8. The number of isocyanates is 2. The van der Waals surface area contributed by atoms with Crippen molar-refractivity contribution in [2.75, 3.05) is 26.3 Å². The van der Waals surface area contributed by atoms with Crippen LogP contribution in [0, 0.1) is 21.7 Å². The largest absolute Gasteiger partial charge is 0.481 e. The van der Waals surface area contributed by atoms with Gasteiger partial charge in [-0.2, -0.15) is 0 Å². The van der Waals surface area contributed by atoms with Crippen molar-refractivity contribution in [3.05, 3.63) is 0 Å². The SMILES string of the molecule is CC1(C)CC(N)CC(C)(CN)C1.CC1(C)CC(N=C=O)CC(C)(CN=C=O)C1.O=C(O)CCCCC(=O)O.OCCO. The van der Waals surface area contributed by atoms with Crippen molar-refractivity contribution in [3.8, 4) is 0 Å². The van der Waals surface area contributed by atoms with Crippen LogP contribution in [-0.2, 0) is 19.2 Å². The molecule has 2 aliphatic rings. The molecule has 2 aliphatic carbocycles. The predicted octanol–water partition coefficient (Wildman–Crippen LogP) is 3.42. The number of aliphatic carboxylic acids is 2. The molecule has 0 radical (unpaired) electrons. The number of hydrogen-bond donors (Lipinski definition) is 6. The molecule has 0 bridgehead atoms. The van der Waals surface area contributed by atoms with Crippen LogP contribution in [0.5, 0.6) is 0 Å². The quantitative estimate of drug-likeness (QED) is 0.122. The van der Waals surface area contributed by atoms with Gasteiger partial charge in [-0.15, -0.1) is 0 Å². The Labute approximate surface area is 251 Å². The molecule has 0 heterocycles. The van der Waals surface area contributed by atoms with Gasteiger partial charge in [0, 0.05) is 18.9 Å². The molecule has 2 rings (SSSR count). The van der Waals surface area contributed by atoms with Crippen LogP contribution in [0.25, 0.3) is 0 Å². The van der Waals surface area contributed by atoms with Crippen molar-refractivity contribution in [1.29, 1.82) is 0 Å². The zero-order chi connectivity index (χ0) is 33.0. The summed E-state index contributed by atoms with van der Waals surface area (Å²) in [5.74, 6) is -1.74. The maximum absolute atomic E-state index is 10.3. The number of unbranched alkanes of at least 4 members (excludes halogenated alkanes) is 1. The number of carboxylic acid groups (broad SMARTS) is 2. The van der Waals surface area contributed by atoms with Gasteiger partial charge in [-0.05, 0) is 79.6 Å². The zero-order valence-corrected chi connectivity index (χ0v) is 26.5. The number of rotatable bonds is 10. The lowest BCUT2D eigenvalue weighted by atomic mass is 9.63. The topological polar surface area (TPSA) is 226 Å². The number of carbonyl (C=O) groups excluding carboxylic acids is 2. The summed E-state index contributed by atoms with van der Waals surface area (Å²) in [4.78, 5) is 47.8. The Hall–Kier alpha value is -2.46. The van der Waals surface area contributed by atoms with Gasteiger partial charge in [0.05, 0.1) is 25.8 Å². The lowest BCUT2D eigenvalue weighted by Gasteiger charge is -2.45. The fourth-order valence-corrected chi connectivity index (χ4v) is 6.51. The molecule has 244 valence electrons. The highest BCUT2D eigenvalue weighted by atomic mass is 16.4. The maximum Gasteiger partial charge on any atom is 0.303 e. The smallest absolute Gasteiger partial charge is 0.303 e. The molecule has 0 aromatic rings. The molecule has 12 heteroatoms. The monoisotopic (exact) mass is 600 g/mol. The van der Waals surface area contributed by atoms with Gasteiger partial charge in [0.2, 0.25) is 12.2 Å². The third-order valence-corrected chi connectivity index (χ3v) is 7.28. The molecule has 8 N–H and O–H groups in total. The third kappa shape index (κ3) is 21.3. The molecule has 2 fully saturated rings. The van der Waals surface area contributed by atoms with Crippen molar-refractivity contribution in [2.24, 2.45) is 43.1 Å². The third-order valence-electron chi connectivity index (χ3n) is 7.28. The number of aliphatic imine (C=N–C) groups is 2. The Balaban J connectivity index is 0. The fraction of sp³-hybridized carbons (Fsp3) is 0.867. The minimum absolute atomic E-state index is 0.00750. The van der Waals surface area contributed by atoms with E-state index in [-0.39, 0.29) is 48.3 Å². The Morgan fingerprint density at radius 3 is 1.64 bits per heavy atom. The molecule has 0 spiro atoms. The van der Waals surface area contributed by atoms with E-state index >= 15 is 0 Å². The summed E-state index contributed by atoms with van der Waals surface area (Å²) in [7, 11) is 0. The summed E-state index contributed by atoms with van der Waals surface area (Å²) in [6.45, 7) is 14.2. The minimum Gasteiger partial charge on any atom is -0.481 e.